The van der Waals surface area contributed by atoms with Crippen LogP contribution in [-0.4, -0.2) is 24.8 Å². The topological polar surface area (TPSA) is 38.7 Å². The lowest BCUT2D eigenvalue weighted by Crippen LogP contribution is -2.12. The van der Waals surface area contributed by atoms with Gasteiger partial charge in [-0.3, -0.25) is 9.79 Å². The second kappa shape index (κ2) is 10.1. The van der Waals surface area contributed by atoms with E-state index in [0.29, 0.717) is 0 Å². The number of carbonyl (C=O) groups excluding carboxylic acids is 1. The summed E-state index contributed by atoms with van der Waals surface area (Å²) in [5, 5.41) is 0. The van der Waals surface area contributed by atoms with Gasteiger partial charge in [0.15, 0.2) is 0 Å². The number of esters is 1. The van der Waals surface area contributed by atoms with Gasteiger partial charge in [0.05, 0.1) is 6.10 Å². The van der Waals surface area contributed by atoms with Crippen molar-refractivity contribution in [3.8, 4) is 0 Å². The molecule has 1 unspecified atom stereocenters. The van der Waals surface area contributed by atoms with E-state index in [1.165, 1.54) is 25.3 Å². The highest BCUT2D eigenvalue weighted by molar-refractivity contribution is 5.79. The molecule has 0 spiro atoms. The van der Waals surface area contributed by atoms with Gasteiger partial charge >= 0.3 is 5.97 Å². The maximum atomic E-state index is 10.8. The van der Waals surface area contributed by atoms with Crippen LogP contribution in [0.5, 0.6) is 0 Å². The first-order valence-corrected chi connectivity index (χ1v) is 7.87. The number of benzene rings is 1. The number of carbonyl (C=O) groups is 1. The number of hydrogen-bond acceptors (Lipinski definition) is 3. The van der Waals surface area contributed by atoms with Crippen LogP contribution in [-0.2, 0) is 16.0 Å². The maximum absolute atomic E-state index is 10.8. The number of ether oxygens (including phenoxy) is 1. The molecule has 0 aliphatic carbocycles. The first-order valence-electron chi connectivity index (χ1n) is 7.87. The summed E-state index contributed by atoms with van der Waals surface area (Å²) in [6, 6.07) is 8.60. The Hall–Kier alpha value is -1.64. The molecule has 1 rings (SSSR count). The van der Waals surface area contributed by atoms with Gasteiger partial charge in [-0.05, 0) is 43.7 Å². The standard InChI is InChI=1S/C18H27NO2/c1-4-5-8-17-9-11-18(12-10-17)14-19-13-6-7-15(2)21-16(3)20/h9-12,14-15H,4-8,13H2,1-3H3. The van der Waals surface area contributed by atoms with E-state index >= 15 is 0 Å². The van der Waals surface area contributed by atoms with E-state index in [0.717, 1.165) is 31.4 Å². The Labute approximate surface area is 128 Å². The van der Waals surface area contributed by atoms with Gasteiger partial charge in [0.1, 0.15) is 0 Å². The van der Waals surface area contributed by atoms with Crippen LogP contribution < -0.4 is 0 Å². The van der Waals surface area contributed by atoms with Gasteiger partial charge in [-0.25, -0.2) is 0 Å². The lowest BCUT2D eigenvalue weighted by molar-refractivity contribution is -0.145. The lowest BCUT2D eigenvalue weighted by Gasteiger charge is -2.10. The van der Waals surface area contributed by atoms with Crippen LogP contribution in [0.15, 0.2) is 29.3 Å². The van der Waals surface area contributed by atoms with E-state index in [2.05, 4.69) is 36.2 Å². The fraction of sp³-hybridized carbons (Fsp3) is 0.556. The van der Waals surface area contributed by atoms with Crippen molar-refractivity contribution in [2.45, 2.75) is 59.0 Å². The summed E-state index contributed by atoms with van der Waals surface area (Å²) in [4.78, 5) is 15.2. The molecule has 1 atom stereocenters. The summed E-state index contributed by atoms with van der Waals surface area (Å²) >= 11 is 0. The van der Waals surface area contributed by atoms with Gasteiger partial charge in [0.25, 0.3) is 0 Å². The molecule has 3 nitrogen and oxygen atoms in total. The van der Waals surface area contributed by atoms with E-state index in [1.807, 2.05) is 13.1 Å². The van der Waals surface area contributed by atoms with E-state index in [4.69, 9.17) is 4.74 Å². The molecule has 116 valence electrons. The zero-order valence-electron chi connectivity index (χ0n) is 13.5. The second-order valence-electron chi connectivity index (χ2n) is 5.44. The maximum Gasteiger partial charge on any atom is 0.302 e. The quantitative estimate of drug-likeness (QED) is 0.388. The third-order valence-electron chi connectivity index (χ3n) is 3.30. The normalized spacial score (nSPS) is 12.5. The van der Waals surface area contributed by atoms with Crippen LogP contribution in [0.1, 0.15) is 57.6 Å². The minimum atomic E-state index is -0.214. The summed E-state index contributed by atoms with van der Waals surface area (Å²) in [7, 11) is 0. The third kappa shape index (κ3) is 8.28. The Kier molecular flexibility index (Phi) is 8.41. The molecule has 0 heterocycles. The Morgan fingerprint density at radius 2 is 2.00 bits per heavy atom. The van der Waals surface area contributed by atoms with Crippen molar-refractivity contribution < 1.29 is 9.53 Å². The summed E-state index contributed by atoms with van der Waals surface area (Å²) in [6.45, 7) is 6.34. The van der Waals surface area contributed by atoms with Gasteiger partial charge < -0.3 is 4.74 Å². The number of unbranched alkanes of at least 4 members (excludes halogenated alkanes) is 1. The Morgan fingerprint density at radius 1 is 1.29 bits per heavy atom. The van der Waals surface area contributed by atoms with E-state index in [-0.39, 0.29) is 12.1 Å². The van der Waals surface area contributed by atoms with E-state index in [1.54, 1.807) is 0 Å². The molecular weight excluding hydrogens is 262 g/mol. The van der Waals surface area contributed by atoms with E-state index < -0.39 is 0 Å². The Morgan fingerprint density at radius 3 is 2.62 bits per heavy atom. The van der Waals surface area contributed by atoms with Crippen molar-refractivity contribution in [1.82, 2.24) is 0 Å². The summed E-state index contributed by atoms with van der Waals surface area (Å²) < 4.78 is 5.07. The fourth-order valence-corrected chi connectivity index (χ4v) is 2.13. The van der Waals surface area contributed by atoms with Crippen LogP contribution >= 0.6 is 0 Å². The molecule has 0 saturated carbocycles. The third-order valence-corrected chi connectivity index (χ3v) is 3.30. The van der Waals surface area contributed by atoms with Gasteiger partial charge in [0.2, 0.25) is 0 Å². The highest BCUT2D eigenvalue weighted by Gasteiger charge is 2.03. The lowest BCUT2D eigenvalue weighted by atomic mass is 10.1. The van der Waals surface area contributed by atoms with Crippen molar-refractivity contribution in [1.29, 1.82) is 0 Å². The molecule has 1 aromatic rings. The molecule has 0 fully saturated rings. The van der Waals surface area contributed by atoms with Gasteiger partial charge in [-0.1, -0.05) is 37.6 Å². The molecule has 0 saturated heterocycles. The first kappa shape index (κ1) is 17.4. The Bertz CT molecular complexity index is 437. The molecule has 0 aromatic heterocycles. The average molecular weight is 289 g/mol. The van der Waals surface area contributed by atoms with Crippen molar-refractivity contribution in [2.75, 3.05) is 6.54 Å². The van der Waals surface area contributed by atoms with Crippen LogP contribution in [0.3, 0.4) is 0 Å². The minimum Gasteiger partial charge on any atom is -0.463 e. The van der Waals surface area contributed by atoms with Gasteiger partial charge in [-0.15, -0.1) is 0 Å². The molecule has 0 amide bonds. The van der Waals surface area contributed by atoms with Crippen molar-refractivity contribution >= 4 is 12.2 Å². The Balaban J connectivity index is 2.25. The molecule has 21 heavy (non-hydrogen) atoms. The van der Waals surface area contributed by atoms with Crippen LogP contribution in [0.2, 0.25) is 0 Å². The fourth-order valence-electron chi connectivity index (χ4n) is 2.13. The highest BCUT2D eigenvalue weighted by Crippen LogP contribution is 2.07. The van der Waals surface area contributed by atoms with Crippen LogP contribution in [0, 0.1) is 0 Å². The number of rotatable bonds is 9. The van der Waals surface area contributed by atoms with Gasteiger partial charge in [-0.2, -0.15) is 0 Å². The molecular formula is C18H27NO2. The number of hydrogen-bond donors (Lipinski definition) is 0. The molecule has 0 N–H and O–H groups in total. The molecule has 3 heteroatoms. The van der Waals surface area contributed by atoms with Crippen LogP contribution in [0.25, 0.3) is 0 Å². The second-order valence-corrected chi connectivity index (χ2v) is 5.44. The summed E-state index contributed by atoms with van der Waals surface area (Å²) in [5.74, 6) is -0.214. The zero-order valence-corrected chi connectivity index (χ0v) is 13.5. The number of nitrogens with zero attached hydrogens (tertiary/aromatic N) is 1. The number of aliphatic imine (C=N–C) groups is 1. The molecule has 0 radical (unpaired) electrons. The molecule has 0 aliphatic heterocycles. The molecule has 0 bridgehead atoms. The monoisotopic (exact) mass is 289 g/mol. The summed E-state index contributed by atoms with van der Waals surface area (Å²) in [6.07, 6.45) is 7.31. The van der Waals surface area contributed by atoms with Crippen LogP contribution in [0.4, 0.5) is 0 Å². The predicted octanol–water partition coefficient (Wildman–Crippen LogP) is 4.18. The van der Waals surface area contributed by atoms with Crippen molar-refractivity contribution in [3.05, 3.63) is 35.4 Å². The average Bonchev–Trinajstić information content (AvgIpc) is 2.45. The first-order chi connectivity index (χ1) is 10.1. The minimum absolute atomic E-state index is 0.0180. The predicted molar refractivity (Wildman–Crippen MR) is 88.0 cm³/mol. The highest BCUT2D eigenvalue weighted by atomic mass is 16.5. The molecule has 1 aromatic carbocycles. The molecule has 0 aliphatic rings. The smallest absolute Gasteiger partial charge is 0.302 e. The summed E-state index contributed by atoms with van der Waals surface area (Å²) in [5.41, 5.74) is 2.53. The van der Waals surface area contributed by atoms with E-state index in [9.17, 15) is 4.79 Å². The SMILES string of the molecule is CCCCc1ccc(C=NCCCC(C)OC(C)=O)cc1. The van der Waals surface area contributed by atoms with Crippen molar-refractivity contribution in [2.24, 2.45) is 4.99 Å². The zero-order chi connectivity index (χ0) is 15.5. The largest absolute Gasteiger partial charge is 0.463 e. The van der Waals surface area contributed by atoms with Crippen molar-refractivity contribution in [3.63, 3.8) is 0 Å². The number of aryl methyl sites for hydroxylation is 1. The van der Waals surface area contributed by atoms with Gasteiger partial charge in [0, 0.05) is 19.7 Å².